The number of hydrogen-bond acceptors (Lipinski definition) is 0. The molecule has 4 rings (SSSR count). The minimum absolute atomic E-state index is 0.671. The van der Waals surface area contributed by atoms with Crippen LogP contribution in [-0.4, -0.2) is 0 Å². The van der Waals surface area contributed by atoms with Gasteiger partial charge in [-0.1, -0.05) is 68.4 Å². The predicted molar refractivity (Wildman–Crippen MR) is 119 cm³/mol. The van der Waals surface area contributed by atoms with E-state index in [4.69, 9.17) is 0 Å². The molecule has 3 aromatic carbocycles. The Morgan fingerprint density at radius 2 is 1.61 bits per heavy atom. The Kier molecular flexibility index (Phi) is 5.00. The fourth-order valence-corrected chi connectivity index (χ4v) is 4.10. The summed E-state index contributed by atoms with van der Waals surface area (Å²) < 4.78 is 2.25. The maximum Gasteiger partial charge on any atom is 0.220 e. The Morgan fingerprint density at radius 3 is 2.32 bits per heavy atom. The number of aromatic nitrogens is 1. The molecular formula is C27H28N+. The third kappa shape index (κ3) is 3.57. The predicted octanol–water partition coefficient (Wildman–Crippen LogP) is 6.51. The quantitative estimate of drug-likeness (QED) is 0.363. The average molecular weight is 367 g/mol. The van der Waals surface area contributed by atoms with Gasteiger partial charge in [0.1, 0.15) is 7.05 Å². The lowest BCUT2D eigenvalue weighted by molar-refractivity contribution is -0.659. The van der Waals surface area contributed by atoms with Crippen LogP contribution in [0.25, 0.3) is 33.2 Å². The first-order valence-electron chi connectivity index (χ1n) is 10.1. The highest BCUT2D eigenvalue weighted by Gasteiger charge is 2.17. The number of rotatable bonds is 4. The van der Waals surface area contributed by atoms with Crippen molar-refractivity contribution in [3.63, 3.8) is 0 Å². The largest absolute Gasteiger partial charge is 0.220 e. The number of fused-ring (bicyclic) bond motifs is 1. The summed E-state index contributed by atoms with van der Waals surface area (Å²) in [7, 11) is 2.14. The van der Waals surface area contributed by atoms with Gasteiger partial charge in [0, 0.05) is 11.6 Å². The number of aryl methyl sites for hydroxylation is 2. The van der Waals surface area contributed by atoms with Crippen LogP contribution >= 0.6 is 0 Å². The zero-order chi connectivity index (χ0) is 19.7. The summed E-state index contributed by atoms with van der Waals surface area (Å²) in [6.45, 7) is 6.77. The van der Waals surface area contributed by atoms with Gasteiger partial charge in [-0.15, -0.1) is 0 Å². The molecule has 0 unspecified atom stereocenters. The van der Waals surface area contributed by atoms with Crippen LogP contribution in [0, 0.1) is 12.8 Å². The molecule has 140 valence electrons. The van der Waals surface area contributed by atoms with Crippen LogP contribution in [0.1, 0.15) is 25.0 Å². The van der Waals surface area contributed by atoms with Crippen molar-refractivity contribution in [3.8, 4) is 22.4 Å². The van der Waals surface area contributed by atoms with E-state index in [0.717, 1.165) is 6.42 Å². The molecule has 0 radical (unpaired) electrons. The molecule has 0 atom stereocenters. The van der Waals surface area contributed by atoms with Crippen LogP contribution in [0.4, 0.5) is 0 Å². The van der Waals surface area contributed by atoms with Gasteiger partial charge >= 0.3 is 0 Å². The Balaban J connectivity index is 1.83. The fourth-order valence-electron chi connectivity index (χ4n) is 4.10. The van der Waals surface area contributed by atoms with Gasteiger partial charge < -0.3 is 0 Å². The molecule has 0 saturated heterocycles. The molecule has 0 fully saturated rings. The zero-order valence-corrected chi connectivity index (χ0v) is 17.2. The SMILES string of the molecule is Cc1cc(-c2ccccc2)ccc1-c1c2ccc(CC(C)C)cc2cc[n+]1C. The fraction of sp³-hybridized carbons (Fsp3) is 0.222. The summed E-state index contributed by atoms with van der Waals surface area (Å²) in [4.78, 5) is 0. The van der Waals surface area contributed by atoms with E-state index in [9.17, 15) is 0 Å². The monoisotopic (exact) mass is 366 g/mol. The van der Waals surface area contributed by atoms with Crippen LogP contribution < -0.4 is 4.57 Å². The highest BCUT2D eigenvalue weighted by atomic mass is 14.9. The summed E-state index contributed by atoms with van der Waals surface area (Å²) in [6, 6.07) is 26.6. The molecule has 0 amide bonds. The third-order valence-corrected chi connectivity index (χ3v) is 5.43. The minimum Gasteiger partial charge on any atom is -0.200 e. The van der Waals surface area contributed by atoms with E-state index in [1.54, 1.807) is 0 Å². The summed E-state index contributed by atoms with van der Waals surface area (Å²) >= 11 is 0. The van der Waals surface area contributed by atoms with E-state index in [0.29, 0.717) is 5.92 Å². The maximum atomic E-state index is 2.35. The lowest BCUT2D eigenvalue weighted by Gasteiger charge is -2.11. The molecule has 1 nitrogen and oxygen atoms in total. The maximum absolute atomic E-state index is 2.35. The molecule has 0 spiro atoms. The van der Waals surface area contributed by atoms with Gasteiger partial charge in [0.15, 0.2) is 6.20 Å². The first-order valence-corrected chi connectivity index (χ1v) is 10.1. The summed E-state index contributed by atoms with van der Waals surface area (Å²) in [5.41, 5.74) is 7.82. The van der Waals surface area contributed by atoms with E-state index in [2.05, 4.69) is 111 Å². The van der Waals surface area contributed by atoms with Gasteiger partial charge in [-0.2, -0.15) is 0 Å². The molecule has 28 heavy (non-hydrogen) atoms. The second-order valence-electron chi connectivity index (χ2n) is 8.19. The van der Waals surface area contributed by atoms with Crippen molar-refractivity contribution < 1.29 is 4.57 Å². The van der Waals surface area contributed by atoms with Crippen LogP contribution in [0.3, 0.4) is 0 Å². The van der Waals surface area contributed by atoms with E-state index in [1.165, 1.54) is 44.3 Å². The summed E-state index contributed by atoms with van der Waals surface area (Å²) in [6.07, 6.45) is 3.30. The molecule has 4 aromatic rings. The molecule has 0 bridgehead atoms. The number of hydrogen-bond donors (Lipinski definition) is 0. The first kappa shape index (κ1) is 18.4. The normalized spacial score (nSPS) is 11.3. The molecule has 1 heteroatoms. The average Bonchev–Trinajstić information content (AvgIpc) is 2.69. The number of pyridine rings is 1. The second kappa shape index (κ2) is 7.59. The molecular weight excluding hydrogens is 338 g/mol. The zero-order valence-electron chi connectivity index (χ0n) is 17.2. The van der Waals surface area contributed by atoms with Crippen molar-refractivity contribution in [3.05, 3.63) is 90.1 Å². The number of nitrogens with zero attached hydrogens (tertiary/aromatic N) is 1. The van der Waals surface area contributed by atoms with E-state index >= 15 is 0 Å². The van der Waals surface area contributed by atoms with Gasteiger partial charge in [-0.25, -0.2) is 4.57 Å². The van der Waals surface area contributed by atoms with Gasteiger partial charge in [-0.3, -0.25) is 0 Å². The van der Waals surface area contributed by atoms with Gasteiger partial charge in [0.2, 0.25) is 5.69 Å². The van der Waals surface area contributed by atoms with Crippen LogP contribution in [0.5, 0.6) is 0 Å². The molecule has 1 aromatic heterocycles. The lowest BCUT2D eigenvalue weighted by Crippen LogP contribution is -2.30. The highest BCUT2D eigenvalue weighted by molar-refractivity contribution is 5.94. The van der Waals surface area contributed by atoms with Crippen molar-refractivity contribution >= 4 is 10.8 Å². The van der Waals surface area contributed by atoms with Crippen molar-refractivity contribution in [2.24, 2.45) is 13.0 Å². The van der Waals surface area contributed by atoms with Crippen molar-refractivity contribution in [1.29, 1.82) is 0 Å². The van der Waals surface area contributed by atoms with E-state index < -0.39 is 0 Å². The van der Waals surface area contributed by atoms with Crippen LogP contribution in [-0.2, 0) is 13.5 Å². The molecule has 0 aliphatic heterocycles. The summed E-state index contributed by atoms with van der Waals surface area (Å²) in [5, 5.41) is 2.63. The second-order valence-corrected chi connectivity index (χ2v) is 8.19. The van der Waals surface area contributed by atoms with Crippen molar-refractivity contribution in [2.45, 2.75) is 27.2 Å². The van der Waals surface area contributed by atoms with Crippen molar-refractivity contribution in [1.82, 2.24) is 0 Å². The van der Waals surface area contributed by atoms with Gasteiger partial charge in [-0.05, 0) is 59.0 Å². The molecule has 0 aliphatic carbocycles. The standard InChI is InChI=1S/C27H28N/c1-19(2)16-21-10-12-26-24(18-21)14-15-28(4)27(26)25-13-11-23(17-20(25)3)22-8-6-5-7-9-22/h5-15,17-19H,16H2,1-4H3/q+1. The van der Waals surface area contributed by atoms with Crippen molar-refractivity contribution in [2.75, 3.05) is 0 Å². The van der Waals surface area contributed by atoms with Crippen LogP contribution in [0.2, 0.25) is 0 Å². The molecule has 0 aliphatic rings. The first-order chi connectivity index (χ1) is 13.5. The Labute approximate surface area is 168 Å². The highest BCUT2D eigenvalue weighted by Crippen LogP contribution is 2.31. The minimum atomic E-state index is 0.671. The molecule has 0 N–H and O–H groups in total. The Morgan fingerprint density at radius 1 is 0.821 bits per heavy atom. The lowest BCUT2D eigenvalue weighted by atomic mass is 9.94. The Hall–Kier alpha value is -2.93. The van der Waals surface area contributed by atoms with Gasteiger partial charge in [0.05, 0.1) is 5.39 Å². The van der Waals surface area contributed by atoms with Crippen LogP contribution in [0.15, 0.2) is 79.0 Å². The third-order valence-electron chi connectivity index (χ3n) is 5.43. The topological polar surface area (TPSA) is 3.88 Å². The Bertz CT molecular complexity index is 1120. The van der Waals surface area contributed by atoms with Gasteiger partial charge in [0.25, 0.3) is 0 Å². The molecule has 0 saturated carbocycles. The number of benzene rings is 3. The van der Waals surface area contributed by atoms with E-state index in [-0.39, 0.29) is 0 Å². The van der Waals surface area contributed by atoms with E-state index in [1.807, 2.05) is 0 Å². The molecule has 1 heterocycles. The summed E-state index contributed by atoms with van der Waals surface area (Å²) in [5.74, 6) is 0.671. The smallest absolute Gasteiger partial charge is 0.200 e.